The summed E-state index contributed by atoms with van der Waals surface area (Å²) in [6.45, 7) is 8.84. The Morgan fingerprint density at radius 2 is 2.21 bits per heavy atom. The zero-order chi connectivity index (χ0) is 19.4. The lowest BCUT2D eigenvalue weighted by Gasteiger charge is -2.33. The fraction of sp³-hybridized carbons (Fsp3) is 0.650. The predicted octanol–water partition coefficient (Wildman–Crippen LogP) is 2.21. The monoisotopic (exact) mass is 500 g/mol. The second-order valence-electron chi connectivity index (χ2n) is 8.41. The molecule has 3 N–H and O–H groups in total. The molecule has 8 heteroatoms. The Morgan fingerprint density at radius 3 is 2.86 bits per heavy atom. The number of likely N-dealkylation sites (tertiary alicyclic amines) is 1. The van der Waals surface area contributed by atoms with E-state index in [9.17, 15) is 4.79 Å². The highest BCUT2D eigenvalue weighted by atomic mass is 127. The van der Waals surface area contributed by atoms with E-state index in [-0.39, 0.29) is 35.8 Å². The van der Waals surface area contributed by atoms with E-state index in [0.717, 1.165) is 49.8 Å². The van der Waals surface area contributed by atoms with Gasteiger partial charge in [0.1, 0.15) is 5.82 Å². The van der Waals surface area contributed by atoms with Crippen LogP contribution in [0.3, 0.4) is 0 Å². The molecule has 1 atom stereocenters. The third kappa shape index (κ3) is 5.48. The van der Waals surface area contributed by atoms with Crippen molar-refractivity contribution in [3.63, 3.8) is 0 Å². The molecule has 156 valence electrons. The summed E-state index contributed by atoms with van der Waals surface area (Å²) in [5.41, 5.74) is 6.98. The summed E-state index contributed by atoms with van der Waals surface area (Å²) in [6.07, 6.45) is 4.81. The van der Waals surface area contributed by atoms with Crippen molar-refractivity contribution in [2.45, 2.75) is 39.7 Å². The number of primary amides is 1. The van der Waals surface area contributed by atoms with Gasteiger partial charge in [-0.05, 0) is 30.7 Å². The summed E-state index contributed by atoms with van der Waals surface area (Å²) in [5, 5.41) is 3.50. The molecule has 0 aliphatic carbocycles. The maximum Gasteiger partial charge on any atom is 0.222 e. The summed E-state index contributed by atoms with van der Waals surface area (Å²) >= 11 is 0. The van der Waals surface area contributed by atoms with Crippen LogP contribution < -0.4 is 16.0 Å². The first-order valence-electron chi connectivity index (χ1n) is 9.83. The molecule has 2 aliphatic heterocycles. The number of hydrogen-bond donors (Lipinski definition) is 2. The highest BCUT2D eigenvalue weighted by molar-refractivity contribution is 14.0. The van der Waals surface area contributed by atoms with Gasteiger partial charge in [-0.2, -0.15) is 0 Å². The minimum absolute atomic E-state index is 0. The molecule has 0 saturated carbocycles. The van der Waals surface area contributed by atoms with Gasteiger partial charge in [-0.15, -0.1) is 24.0 Å². The van der Waals surface area contributed by atoms with Crippen molar-refractivity contribution < 1.29 is 4.79 Å². The third-order valence-electron chi connectivity index (χ3n) is 5.62. The first-order valence-corrected chi connectivity index (χ1v) is 9.83. The molecule has 1 aromatic rings. The van der Waals surface area contributed by atoms with Crippen molar-refractivity contribution in [2.75, 3.05) is 38.1 Å². The van der Waals surface area contributed by atoms with Gasteiger partial charge in [0, 0.05) is 51.5 Å². The molecular weight excluding hydrogens is 467 g/mol. The first kappa shape index (κ1) is 22.7. The number of carbonyl (C=O) groups excluding carboxylic acids is 1. The number of nitrogens with two attached hydrogens (primary N) is 1. The average molecular weight is 500 g/mol. The number of nitrogens with one attached hydrogen (secondary N) is 1. The number of hydrogen-bond acceptors (Lipinski definition) is 4. The molecule has 0 spiro atoms. The van der Waals surface area contributed by atoms with E-state index in [1.54, 1.807) is 0 Å². The van der Waals surface area contributed by atoms with Gasteiger partial charge in [0.2, 0.25) is 5.91 Å². The number of aliphatic imine (C=N–C) groups is 1. The van der Waals surface area contributed by atoms with Crippen LogP contribution in [0.25, 0.3) is 0 Å². The zero-order valence-corrected chi connectivity index (χ0v) is 19.5. The normalized spacial score (nSPS) is 22.0. The molecule has 0 aromatic carbocycles. The number of rotatable bonds is 4. The van der Waals surface area contributed by atoms with Crippen LogP contribution in [0.1, 0.15) is 38.7 Å². The van der Waals surface area contributed by atoms with Gasteiger partial charge in [-0.3, -0.25) is 9.79 Å². The minimum atomic E-state index is -0.215. The summed E-state index contributed by atoms with van der Waals surface area (Å²) < 4.78 is 0. The number of halogens is 1. The topological polar surface area (TPSA) is 86.9 Å². The summed E-state index contributed by atoms with van der Waals surface area (Å²) in [5.74, 6) is 1.56. The van der Waals surface area contributed by atoms with Crippen molar-refractivity contribution in [1.29, 1.82) is 0 Å². The van der Waals surface area contributed by atoms with Crippen LogP contribution in [-0.4, -0.2) is 55.0 Å². The first-order chi connectivity index (χ1) is 12.9. The number of pyridine rings is 1. The van der Waals surface area contributed by atoms with Gasteiger partial charge in [-0.1, -0.05) is 19.9 Å². The van der Waals surface area contributed by atoms with Crippen molar-refractivity contribution in [1.82, 2.24) is 15.2 Å². The number of anilines is 1. The van der Waals surface area contributed by atoms with Crippen LogP contribution in [-0.2, 0) is 11.3 Å². The molecule has 7 nitrogen and oxygen atoms in total. The van der Waals surface area contributed by atoms with E-state index in [1.807, 2.05) is 19.3 Å². The molecule has 2 aliphatic rings. The fourth-order valence-electron chi connectivity index (χ4n) is 4.05. The molecule has 3 rings (SSSR count). The predicted molar refractivity (Wildman–Crippen MR) is 124 cm³/mol. The standard InChI is InChI=1S/C20H32N6O.HI/c1-20(2)8-11-26(14-20)19(22-3)24-12-15-6-4-9-23-18(15)25-10-5-7-16(13-25)17(21)27;/h4,6,9,16H,5,7-8,10-14H2,1-3H3,(H2,21,27)(H,22,24);1H. The Balaban J connectivity index is 0.00000280. The molecular formula is C20H33IN6O. The molecule has 3 heterocycles. The quantitative estimate of drug-likeness (QED) is 0.376. The number of amides is 1. The third-order valence-corrected chi connectivity index (χ3v) is 5.62. The number of piperidine rings is 1. The molecule has 2 saturated heterocycles. The lowest BCUT2D eigenvalue weighted by atomic mass is 9.93. The Kier molecular flexibility index (Phi) is 7.91. The molecule has 0 radical (unpaired) electrons. The smallest absolute Gasteiger partial charge is 0.222 e. The molecule has 1 amide bonds. The fourth-order valence-corrected chi connectivity index (χ4v) is 4.05. The van der Waals surface area contributed by atoms with Gasteiger partial charge in [0.15, 0.2) is 5.96 Å². The Hall–Kier alpha value is -1.58. The Morgan fingerprint density at radius 1 is 1.43 bits per heavy atom. The molecule has 2 fully saturated rings. The second-order valence-corrected chi connectivity index (χ2v) is 8.41. The van der Waals surface area contributed by atoms with E-state index in [4.69, 9.17) is 5.73 Å². The van der Waals surface area contributed by atoms with Gasteiger partial charge in [0.25, 0.3) is 0 Å². The molecule has 1 unspecified atom stereocenters. The lowest BCUT2D eigenvalue weighted by Crippen LogP contribution is -2.43. The average Bonchev–Trinajstić information content (AvgIpc) is 3.02. The minimum Gasteiger partial charge on any atom is -0.369 e. The highest BCUT2D eigenvalue weighted by Gasteiger charge is 2.31. The van der Waals surface area contributed by atoms with Crippen molar-refractivity contribution >= 4 is 41.7 Å². The van der Waals surface area contributed by atoms with E-state index >= 15 is 0 Å². The summed E-state index contributed by atoms with van der Waals surface area (Å²) in [6, 6.07) is 4.04. The number of carbonyl (C=O) groups is 1. The second kappa shape index (κ2) is 9.76. The molecule has 0 bridgehead atoms. The van der Waals surface area contributed by atoms with E-state index < -0.39 is 0 Å². The highest BCUT2D eigenvalue weighted by Crippen LogP contribution is 2.29. The maximum absolute atomic E-state index is 11.6. The number of nitrogens with zero attached hydrogens (tertiary/aromatic N) is 4. The van der Waals surface area contributed by atoms with Crippen LogP contribution >= 0.6 is 24.0 Å². The zero-order valence-electron chi connectivity index (χ0n) is 17.1. The summed E-state index contributed by atoms with van der Waals surface area (Å²) in [4.78, 5) is 25.2. The lowest BCUT2D eigenvalue weighted by molar-refractivity contribution is -0.122. The van der Waals surface area contributed by atoms with Crippen molar-refractivity contribution in [3.05, 3.63) is 23.9 Å². The largest absolute Gasteiger partial charge is 0.369 e. The van der Waals surface area contributed by atoms with Gasteiger partial charge in [-0.25, -0.2) is 4.98 Å². The maximum atomic E-state index is 11.6. The molecule has 28 heavy (non-hydrogen) atoms. The van der Waals surface area contributed by atoms with Crippen LogP contribution in [0.5, 0.6) is 0 Å². The van der Waals surface area contributed by atoms with Crippen molar-refractivity contribution in [3.8, 4) is 0 Å². The van der Waals surface area contributed by atoms with E-state index in [2.05, 4.69) is 45.0 Å². The van der Waals surface area contributed by atoms with Crippen LogP contribution in [0.4, 0.5) is 5.82 Å². The Labute approximate surface area is 185 Å². The van der Waals surface area contributed by atoms with E-state index in [1.165, 1.54) is 6.42 Å². The summed E-state index contributed by atoms with van der Waals surface area (Å²) in [7, 11) is 1.83. The molecule has 1 aromatic heterocycles. The SMILES string of the molecule is CN=C(NCc1cccnc1N1CCCC(C(N)=O)C1)N1CCC(C)(C)C1.I. The van der Waals surface area contributed by atoms with Crippen LogP contribution in [0, 0.1) is 11.3 Å². The Bertz CT molecular complexity index is 708. The van der Waals surface area contributed by atoms with Gasteiger partial charge in [0.05, 0.1) is 5.92 Å². The van der Waals surface area contributed by atoms with Crippen molar-refractivity contribution in [2.24, 2.45) is 22.1 Å². The van der Waals surface area contributed by atoms with Crippen LogP contribution in [0.15, 0.2) is 23.3 Å². The van der Waals surface area contributed by atoms with Crippen LogP contribution in [0.2, 0.25) is 0 Å². The number of guanidine groups is 1. The number of aromatic nitrogens is 1. The van der Waals surface area contributed by atoms with Gasteiger partial charge >= 0.3 is 0 Å². The van der Waals surface area contributed by atoms with E-state index in [0.29, 0.717) is 18.5 Å². The van der Waals surface area contributed by atoms with Gasteiger partial charge < -0.3 is 20.9 Å².